The van der Waals surface area contributed by atoms with E-state index in [1.165, 1.54) is 28.6 Å². The van der Waals surface area contributed by atoms with Gasteiger partial charge < -0.3 is 8.98 Å². The molecule has 0 aliphatic carbocycles. The number of pyridine rings is 1. The molecule has 0 amide bonds. The van der Waals surface area contributed by atoms with Crippen molar-refractivity contribution in [3.05, 3.63) is 84.3 Å². The van der Waals surface area contributed by atoms with Crippen LogP contribution in [0.25, 0.3) is 33.9 Å². The van der Waals surface area contributed by atoms with Crippen molar-refractivity contribution in [3.63, 3.8) is 0 Å². The van der Waals surface area contributed by atoms with Crippen LogP contribution < -0.4 is 0 Å². The number of benzene rings is 2. The van der Waals surface area contributed by atoms with Gasteiger partial charge in [-0.2, -0.15) is 0 Å². The predicted octanol–water partition coefficient (Wildman–Crippen LogP) is 4.77. The number of nitrogens with zero attached hydrogens (tertiary/aromatic N) is 5. The highest BCUT2D eigenvalue weighted by molar-refractivity contribution is 5.71. The minimum Gasteiger partial charge on any atom is -0.426 e. The summed E-state index contributed by atoms with van der Waals surface area (Å²) >= 11 is 0. The SMILES string of the molecule is Cc1ccc(-c2ccc(-c3nc4ccn(Cc5nnco5)cc-4n3)cc2)cc1C. The van der Waals surface area contributed by atoms with Gasteiger partial charge in [-0.25, -0.2) is 9.97 Å². The van der Waals surface area contributed by atoms with Gasteiger partial charge in [-0.05, 0) is 42.2 Å². The quantitative estimate of drug-likeness (QED) is 0.449. The Morgan fingerprint density at radius 2 is 1.59 bits per heavy atom. The summed E-state index contributed by atoms with van der Waals surface area (Å²) in [6.07, 6.45) is 5.21. The average Bonchev–Trinajstić information content (AvgIpc) is 3.40. The lowest BCUT2D eigenvalue weighted by Crippen LogP contribution is -2.01. The van der Waals surface area contributed by atoms with E-state index in [9.17, 15) is 0 Å². The number of aryl methyl sites for hydroxylation is 2. The molecule has 2 aromatic carbocycles. The van der Waals surface area contributed by atoms with Crippen molar-refractivity contribution in [3.8, 4) is 33.9 Å². The highest BCUT2D eigenvalue weighted by Gasteiger charge is 2.13. The van der Waals surface area contributed by atoms with Crippen LogP contribution in [0.2, 0.25) is 0 Å². The molecule has 142 valence electrons. The van der Waals surface area contributed by atoms with Crippen molar-refractivity contribution < 1.29 is 4.42 Å². The van der Waals surface area contributed by atoms with Gasteiger partial charge in [-0.3, -0.25) is 0 Å². The summed E-state index contributed by atoms with van der Waals surface area (Å²) in [6.45, 7) is 4.77. The van der Waals surface area contributed by atoms with Crippen molar-refractivity contribution in [1.82, 2.24) is 24.7 Å². The summed E-state index contributed by atoms with van der Waals surface area (Å²) in [5, 5.41) is 7.62. The predicted molar refractivity (Wildman–Crippen MR) is 110 cm³/mol. The Morgan fingerprint density at radius 3 is 2.34 bits per heavy atom. The topological polar surface area (TPSA) is 69.6 Å². The van der Waals surface area contributed by atoms with Crippen LogP contribution in [0.4, 0.5) is 0 Å². The van der Waals surface area contributed by atoms with Gasteiger partial charge in [0.05, 0.1) is 5.69 Å². The third kappa shape index (κ3) is 3.40. The van der Waals surface area contributed by atoms with Crippen LogP contribution in [-0.4, -0.2) is 24.7 Å². The molecule has 6 heteroatoms. The van der Waals surface area contributed by atoms with E-state index in [2.05, 4.69) is 71.5 Å². The summed E-state index contributed by atoms with van der Waals surface area (Å²) in [6, 6.07) is 16.9. The third-order valence-corrected chi connectivity index (χ3v) is 5.13. The Balaban J connectivity index is 1.43. The molecule has 0 fully saturated rings. The first kappa shape index (κ1) is 17.3. The summed E-state index contributed by atoms with van der Waals surface area (Å²) in [5.41, 5.74) is 7.70. The van der Waals surface area contributed by atoms with Crippen molar-refractivity contribution in [1.29, 1.82) is 0 Å². The van der Waals surface area contributed by atoms with Gasteiger partial charge in [0.25, 0.3) is 0 Å². The highest BCUT2D eigenvalue weighted by Crippen LogP contribution is 2.28. The summed E-state index contributed by atoms with van der Waals surface area (Å²) in [7, 11) is 0. The van der Waals surface area contributed by atoms with Crippen molar-refractivity contribution in [2.45, 2.75) is 20.4 Å². The summed E-state index contributed by atoms with van der Waals surface area (Å²) in [5.74, 6) is 1.28. The van der Waals surface area contributed by atoms with Crippen molar-refractivity contribution >= 4 is 0 Å². The Kier molecular flexibility index (Phi) is 4.17. The zero-order chi connectivity index (χ0) is 19.8. The standard InChI is InChI=1S/C23H19N5O/c1-15-3-4-19(11-16(15)2)17-5-7-18(8-6-17)23-25-20-9-10-28(12-21(20)26-23)13-22-27-24-14-29-22/h3-12,14H,13H2,1-2H3. The fourth-order valence-corrected chi connectivity index (χ4v) is 3.33. The van der Waals surface area contributed by atoms with Crippen molar-refractivity contribution in [2.24, 2.45) is 0 Å². The normalized spacial score (nSPS) is 11.2. The molecule has 6 nitrogen and oxygen atoms in total. The number of imidazole rings is 1. The molecule has 3 heterocycles. The fourth-order valence-electron chi connectivity index (χ4n) is 3.33. The minimum atomic E-state index is 0.503. The lowest BCUT2D eigenvalue weighted by molar-refractivity contribution is 0.476. The maximum absolute atomic E-state index is 5.21. The highest BCUT2D eigenvalue weighted by atomic mass is 16.4. The van der Waals surface area contributed by atoms with E-state index < -0.39 is 0 Å². The van der Waals surface area contributed by atoms with Crippen LogP contribution in [-0.2, 0) is 6.54 Å². The van der Waals surface area contributed by atoms with Crippen LogP contribution in [0.1, 0.15) is 17.0 Å². The third-order valence-electron chi connectivity index (χ3n) is 5.13. The molecular weight excluding hydrogens is 362 g/mol. The number of aromatic nitrogens is 5. The Labute approximate surface area is 168 Å². The molecule has 0 bridgehead atoms. The lowest BCUT2D eigenvalue weighted by atomic mass is 9.99. The van der Waals surface area contributed by atoms with E-state index in [1.54, 1.807) is 0 Å². The van der Waals surface area contributed by atoms with E-state index in [1.807, 2.05) is 23.0 Å². The van der Waals surface area contributed by atoms with Gasteiger partial charge in [0.15, 0.2) is 5.82 Å². The first-order valence-corrected chi connectivity index (χ1v) is 9.42. The van der Waals surface area contributed by atoms with Gasteiger partial charge in [-0.15, -0.1) is 10.2 Å². The molecule has 2 aliphatic rings. The second-order valence-electron chi connectivity index (χ2n) is 7.14. The summed E-state index contributed by atoms with van der Waals surface area (Å²) in [4.78, 5) is 9.38. The molecule has 1 aromatic heterocycles. The smallest absolute Gasteiger partial charge is 0.235 e. The lowest BCUT2D eigenvalue weighted by Gasteiger charge is -2.06. The number of hydrogen-bond acceptors (Lipinski definition) is 5. The molecule has 0 atom stereocenters. The average molecular weight is 381 g/mol. The van der Waals surface area contributed by atoms with Gasteiger partial charge >= 0.3 is 0 Å². The van der Waals surface area contributed by atoms with Crippen molar-refractivity contribution in [2.75, 3.05) is 0 Å². The van der Waals surface area contributed by atoms with Gasteiger partial charge in [0, 0.05) is 18.0 Å². The van der Waals surface area contributed by atoms with E-state index in [4.69, 9.17) is 9.40 Å². The first-order chi connectivity index (χ1) is 14.2. The number of hydrogen-bond donors (Lipinski definition) is 0. The molecule has 0 saturated heterocycles. The molecule has 0 unspecified atom stereocenters. The maximum Gasteiger partial charge on any atom is 0.235 e. The number of fused-ring (bicyclic) bond motifs is 1. The molecule has 0 saturated carbocycles. The van der Waals surface area contributed by atoms with E-state index in [0.29, 0.717) is 12.4 Å². The monoisotopic (exact) mass is 381 g/mol. The van der Waals surface area contributed by atoms with Crippen LogP contribution in [0.15, 0.2) is 71.7 Å². The van der Waals surface area contributed by atoms with Crippen LogP contribution >= 0.6 is 0 Å². The van der Waals surface area contributed by atoms with Gasteiger partial charge in [-0.1, -0.05) is 42.5 Å². The molecule has 5 rings (SSSR count). The second kappa shape index (κ2) is 6.98. The molecule has 2 aliphatic heterocycles. The molecule has 0 spiro atoms. The first-order valence-electron chi connectivity index (χ1n) is 9.42. The Bertz CT molecular complexity index is 1240. The van der Waals surface area contributed by atoms with E-state index in [-0.39, 0.29) is 0 Å². The van der Waals surface area contributed by atoms with Gasteiger partial charge in [0.1, 0.15) is 12.2 Å². The molecule has 3 aromatic rings. The fraction of sp³-hybridized carbons (Fsp3) is 0.130. The van der Waals surface area contributed by atoms with Crippen LogP contribution in [0, 0.1) is 13.8 Å². The summed E-state index contributed by atoms with van der Waals surface area (Å²) < 4.78 is 7.16. The zero-order valence-corrected chi connectivity index (χ0v) is 16.2. The molecular formula is C23H19N5O. The molecule has 29 heavy (non-hydrogen) atoms. The zero-order valence-electron chi connectivity index (χ0n) is 16.2. The Morgan fingerprint density at radius 1 is 0.828 bits per heavy atom. The maximum atomic E-state index is 5.21. The second-order valence-corrected chi connectivity index (χ2v) is 7.14. The number of rotatable bonds is 4. The molecule has 0 radical (unpaired) electrons. The molecule has 0 N–H and O–H groups in total. The largest absolute Gasteiger partial charge is 0.426 e. The van der Waals surface area contributed by atoms with Gasteiger partial charge in [0.2, 0.25) is 12.3 Å². The van der Waals surface area contributed by atoms with E-state index >= 15 is 0 Å². The van der Waals surface area contributed by atoms with Crippen LogP contribution in [0.3, 0.4) is 0 Å². The minimum absolute atomic E-state index is 0.503. The Hall–Kier alpha value is -3.80. The van der Waals surface area contributed by atoms with E-state index in [0.717, 1.165) is 22.8 Å². The van der Waals surface area contributed by atoms with Crippen LogP contribution in [0.5, 0.6) is 0 Å².